The predicted molar refractivity (Wildman–Crippen MR) is 78.9 cm³/mol. The normalized spacial score (nSPS) is 15.3. The molecule has 2 aromatic carbocycles. The first-order valence-corrected chi connectivity index (χ1v) is 6.86. The molecule has 102 valence electrons. The number of oxime groups is 1. The monoisotopic (exact) mass is 287 g/mol. The number of benzene rings is 2. The van der Waals surface area contributed by atoms with E-state index in [1.165, 1.54) is 0 Å². The number of hydrogen-bond donors (Lipinski definition) is 1. The molecule has 0 aliphatic heterocycles. The lowest BCUT2D eigenvalue weighted by Crippen LogP contribution is -1.99. The van der Waals surface area contributed by atoms with Crippen molar-refractivity contribution in [1.29, 1.82) is 0 Å². The van der Waals surface area contributed by atoms with Crippen molar-refractivity contribution in [1.82, 2.24) is 0 Å². The summed E-state index contributed by atoms with van der Waals surface area (Å²) in [5, 5.41) is 13.0. The van der Waals surface area contributed by atoms with Gasteiger partial charge in [-0.15, -0.1) is 0 Å². The zero-order valence-electron chi connectivity index (χ0n) is 10.8. The van der Waals surface area contributed by atoms with E-state index in [2.05, 4.69) is 5.16 Å². The first kappa shape index (κ1) is 13.0. The Morgan fingerprint density at radius 2 is 1.90 bits per heavy atom. The van der Waals surface area contributed by atoms with Crippen LogP contribution in [-0.2, 0) is 13.0 Å². The van der Waals surface area contributed by atoms with Crippen molar-refractivity contribution in [3.63, 3.8) is 0 Å². The quantitative estimate of drug-likeness (QED) is 0.684. The molecule has 0 bridgehead atoms. The van der Waals surface area contributed by atoms with Crippen LogP contribution in [0.2, 0.25) is 5.02 Å². The molecule has 20 heavy (non-hydrogen) atoms. The largest absolute Gasteiger partial charge is 0.489 e. The van der Waals surface area contributed by atoms with Gasteiger partial charge in [0.05, 0.1) is 5.71 Å². The molecule has 0 aromatic heterocycles. The van der Waals surface area contributed by atoms with Gasteiger partial charge < -0.3 is 9.94 Å². The number of fused-ring (bicyclic) bond motifs is 1. The summed E-state index contributed by atoms with van der Waals surface area (Å²) in [6.45, 7) is 0.499. The second-order valence-electron chi connectivity index (χ2n) is 4.74. The lowest BCUT2D eigenvalue weighted by atomic mass is 10.1. The maximum Gasteiger partial charge on any atom is 0.123 e. The smallest absolute Gasteiger partial charge is 0.123 e. The van der Waals surface area contributed by atoms with Gasteiger partial charge in [0, 0.05) is 16.1 Å². The molecular formula is C16H14ClNO2. The van der Waals surface area contributed by atoms with E-state index < -0.39 is 0 Å². The van der Waals surface area contributed by atoms with Gasteiger partial charge >= 0.3 is 0 Å². The predicted octanol–water partition coefficient (Wildman–Crippen LogP) is 4.04. The molecule has 0 spiro atoms. The molecule has 0 fully saturated rings. The molecule has 0 saturated heterocycles. The zero-order chi connectivity index (χ0) is 13.9. The third kappa shape index (κ3) is 2.49. The van der Waals surface area contributed by atoms with Crippen LogP contribution in [0.5, 0.6) is 5.75 Å². The van der Waals surface area contributed by atoms with Gasteiger partial charge in [0.1, 0.15) is 12.4 Å². The molecule has 3 rings (SSSR count). The SMILES string of the molecule is ON=C1CCc2c(OCc3ccc(Cl)cc3)cccc21. The average Bonchev–Trinajstić information content (AvgIpc) is 2.90. The molecule has 0 saturated carbocycles. The van der Waals surface area contributed by atoms with Gasteiger partial charge in [-0.3, -0.25) is 0 Å². The van der Waals surface area contributed by atoms with E-state index in [-0.39, 0.29) is 0 Å². The summed E-state index contributed by atoms with van der Waals surface area (Å²) in [5.41, 5.74) is 3.91. The van der Waals surface area contributed by atoms with Crippen LogP contribution in [0, 0.1) is 0 Å². The van der Waals surface area contributed by atoms with Gasteiger partial charge in [-0.1, -0.05) is 41.0 Å². The molecule has 0 amide bonds. The first-order valence-electron chi connectivity index (χ1n) is 6.48. The van der Waals surface area contributed by atoms with Crippen LogP contribution >= 0.6 is 11.6 Å². The summed E-state index contributed by atoms with van der Waals surface area (Å²) < 4.78 is 5.89. The summed E-state index contributed by atoms with van der Waals surface area (Å²) in [4.78, 5) is 0. The fraction of sp³-hybridized carbons (Fsp3) is 0.188. The second kappa shape index (κ2) is 5.55. The standard InChI is InChI=1S/C16H14ClNO2/c17-12-6-4-11(5-7-12)10-20-16-3-1-2-13-14(16)8-9-15(13)18-19/h1-7,19H,8-10H2. The minimum Gasteiger partial charge on any atom is -0.489 e. The highest BCUT2D eigenvalue weighted by Crippen LogP contribution is 2.31. The van der Waals surface area contributed by atoms with Crippen molar-refractivity contribution >= 4 is 17.3 Å². The van der Waals surface area contributed by atoms with Crippen LogP contribution in [-0.4, -0.2) is 10.9 Å². The highest BCUT2D eigenvalue weighted by molar-refractivity contribution is 6.30. The minimum absolute atomic E-state index is 0.499. The van der Waals surface area contributed by atoms with Gasteiger partial charge in [-0.2, -0.15) is 0 Å². The Hall–Kier alpha value is -2.00. The molecular weight excluding hydrogens is 274 g/mol. The van der Waals surface area contributed by atoms with Crippen LogP contribution in [0.4, 0.5) is 0 Å². The minimum atomic E-state index is 0.499. The van der Waals surface area contributed by atoms with E-state index in [9.17, 15) is 0 Å². The molecule has 0 atom stereocenters. The zero-order valence-corrected chi connectivity index (χ0v) is 11.6. The Kier molecular flexibility index (Phi) is 3.61. The summed E-state index contributed by atoms with van der Waals surface area (Å²) in [6, 6.07) is 13.4. The molecule has 2 aromatic rings. The number of halogens is 1. The second-order valence-corrected chi connectivity index (χ2v) is 5.18. The van der Waals surface area contributed by atoms with Crippen LogP contribution in [0.25, 0.3) is 0 Å². The summed E-state index contributed by atoms with van der Waals surface area (Å²) >= 11 is 5.86. The number of ether oxygens (including phenoxy) is 1. The Labute approximate surface area is 122 Å². The Morgan fingerprint density at radius 3 is 2.65 bits per heavy atom. The van der Waals surface area contributed by atoms with Crippen LogP contribution < -0.4 is 4.74 Å². The average molecular weight is 288 g/mol. The lowest BCUT2D eigenvalue weighted by Gasteiger charge is -2.10. The molecule has 4 heteroatoms. The molecule has 3 nitrogen and oxygen atoms in total. The summed E-state index contributed by atoms with van der Waals surface area (Å²) in [7, 11) is 0. The Bertz CT molecular complexity index is 650. The van der Waals surface area contributed by atoms with E-state index >= 15 is 0 Å². The van der Waals surface area contributed by atoms with Crippen molar-refractivity contribution < 1.29 is 9.94 Å². The fourth-order valence-electron chi connectivity index (χ4n) is 2.45. The van der Waals surface area contributed by atoms with Gasteiger partial charge in [-0.05, 0) is 36.6 Å². The van der Waals surface area contributed by atoms with Gasteiger partial charge in [0.15, 0.2) is 0 Å². The van der Waals surface area contributed by atoms with E-state index in [4.69, 9.17) is 21.5 Å². The molecule has 1 N–H and O–H groups in total. The molecule has 1 aliphatic carbocycles. The van der Waals surface area contributed by atoms with Crippen molar-refractivity contribution in [3.8, 4) is 5.75 Å². The lowest BCUT2D eigenvalue weighted by molar-refractivity contribution is 0.303. The Balaban J connectivity index is 1.79. The number of nitrogens with zero attached hydrogens (tertiary/aromatic N) is 1. The summed E-state index contributed by atoms with van der Waals surface area (Å²) in [6.07, 6.45) is 1.61. The first-order chi connectivity index (χ1) is 9.78. The van der Waals surface area contributed by atoms with Gasteiger partial charge in [0.25, 0.3) is 0 Å². The highest BCUT2D eigenvalue weighted by Gasteiger charge is 2.21. The van der Waals surface area contributed by atoms with Crippen molar-refractivity contribution in [2.75, 3.05) is 0 Å². The maximum absolute atomic E-state index is 8.97. The van der Waals surface area contributed by atoms with E-state index in [0.29, 0.717) is 6.61 Å². The highest BCUT2D eigenvalue weighted by atomic mass is 35.5. The number of rotatable bonds is 3. The number of hydrogen-bond acceptors (Lipinski definition) is 3. The van der Waals surface area contributed by atoms with Crippen molar-refractivity contribution in [2.24, 2.45) is 5.16 Å². The van der Waals surface area contributed by atoms with E-state index in [1.807, 2.05) is 42.5 Å². The fourth-order valence-corrected chi connectivity index (χ4v) is 2.58. The van der Waals surface area contributed by atoms with Crippen molar-refractivity contribution in [3.05, 3.63) is 64.2 Å². The molecule has 1 aliphatic rings. The van der Waals surface area contributed by atoms with Crippen LogP contribution in [0.3, 0.4) is 0 Å². The van der Waals surface area contributed by atoms with Gasteiger partial charge in [-0.25, -0.2) is 0 Å². The molecule has 0 heterocycles. The van der Waals surface area contributed by atoms with Gasteiger partial charge in [0.2, 0.25) is 0 Å². The van der Waals surface area contributed by atoms with Crippen LogP contribution in [0.1, 0.15) is 23.1 Å². The maximum atomic E-state index is 8.97. The summed E-state index contributed by atoms with van der Waals surface area (Å²) in [5.74, 6) is 0.858. The van der Waals surface area contributed by atoms with E-state index in [1.54, 1.807) is 0 Å². The third-order valence-electron chi connectivity index (χ3n) is 3.48. The van der Waals surface area contributed by atoms with E-state index in [0.717, 1.165) is 46.0 Å². The molecule has 0 unspecified atom stereocenters. The third-order valence-corrected chi connectivity index (χ3v) is 3.74. The molecule has 0 radical (unpaired) electrons. The van der Waals surface area contributed by atoms with Crippen LogP contribution in [0.15, 0.2) is 47.6 Å². The topological polar surface area (TPSA) is 41.8 Å². The Morgan fingerprint density at radius 1 is 1.10 bits per heavy atom. The van der Waals surface area contributed by atoms with Crippen molar-refractivity contribution in [2.45, 2.75) is 19.4 Å².